The minimum atomic E-state index is 0.775. The molecule has 1 N–H and O–H groups in total. The maximum absolute atomic E-state index is 4.92. The third-order valence-corrected chi connectivity index (χ3v) is 5.59. The lowest BCUT2D eigenvalue weighted by Crippen LogP contribution is -2.08. The van der Waals surface area contributed by atoms with Crippen LogP contribution in [0.3, 0.4) is 0 Å². The third kappa shape index (κ3) is 2.76. The van der Waals surface area contributed by atoms with Crippen molar-refractivity contribution in [2.45, 2.75) is 26.7 Å². The van der Waals surface area contributed by atoms with E-state index in [2.05, 4.69) is 54.8 Å². The average molecular weight is 355 g/mol. The highest BCUT2D eigenvalue weighted by molar-refractivity contribution is 5.87. The SMILES string of the molecule is [CH2]c1ccccc1-c1cnc2c(NCC3CC3)nc3cc(C)c(C)cc3n12. The van der Waals surface area contributed by atoms with Gasteiger partial charge in [-0.1, -0.05) is 24.3 Å². The smallest absolute Gasteiger partial charge is 0.181 e. The molecular formula is C23H23N4. The number of imidazole rings is 1. The molecule has 1 radical (unpaired) electrons. The van der Waals surface area contributed by atoms with E-state index in [1.807, 2.05) is 18.3 Å². The predicted octanol–water partition coefficient (Wildman–Crippen LogP) is 5.17. The van der Waals surface area contributed by atoms with Crippen LogP contribution in [-0.2, 0) is 0 Å². The molecule has 0 unspecified atom stereocenters. The van der Waals surface area contributed by atoms with Gasteiger partial charge in [-0.15, -0.1) is 0 Å². The van der Waals surface area contributed by atoms with Crippen molar-refractivity contribution in [3.63, 3.8) is 0 Å². The Balaban J connectivity index is 1.81. The van der Waals surface area contributed by atoms with Gasteiger partial charge in [-0.2, -0.15) is 0 Å². The van der Waals surface area contributed by atoms with Crippen LogP contribution in [-0.4, -0.2) is 20.9 Å². The Kier molecular flexibility index (Phi) is 3.67. The van der Waals surface area contributed by atoms with Crippen LogP contribution < -0.4 is 5.32 Å². The van der Waals surface area contributed by atoms with Crippen molar-refractivity contribution in [3.8, 4) is 11.3 Å². The van der Waals surface area contributed by atoms with Gasteiger partial charge in [-0.25, -0.2) is 9.97 Å². The molecule has 0 saturated heterocycles. The molecule has 0 atom stereocenters. The molecule has 1 aliphatic carbocycles. The van der Waals surface area contributed by atoms with Crippen LogP contribution in [0.15, 0.2) is 42.6 Å². The second-order valence-electron chi connectivity index (χ2n) is 7.67. The summed E-state index contributed by atoms with van der Waals surface area (Å²) in [5.41, 5.74) is 8.62. The van der Waals surface area contributed by atoms with E-state index < -0.39 is 0 Å². The fraction of sp³-hybridized carbons (Fsp3) is 0.261. The number of nitrogens with zero attached hydrogens (tertiary/aromatic N) is 3. The first-order chi connectivity index (χ1) is 13.1. The molecule has 0 spiro atoms. The molecule has 135 valence electrons. The summed E-state index contributed by atoms with van der Waals surface area (Å²) in [5.74, 6) is 1.64. The number of fused-ring (bicyclic) bond motifs is 3. The van der Waals surface area contributed by atoms with E-state index in [0.29, 0.717) is 0 Å². The van der Waals surface area contributed by atoms with Crippen molar-refractivity contribution in [1.29, 1.82) is 0 Å². The monoisotopic (exact) mass is 355 g/mol. The van der Waals surface area contributed by atoms with Crippen molar-refractivity contribution in [1.82, 2.24) is 14.4 Å². The summed E-state index contributed by atoms with van der Waals surface area (Å²) in [6, 6.07) is 12.6. The van der Waals surface area contributed by atoms with E-state index in [1.165, 1.54) is 24.0 Å². The van der Waals surface area contributed by atoms with Crippen LogP contribution in [0.1, 0.15) is 29.5 Å². The molecular weight excluding hydrogens is 332 g/mol. The molecule has 2 aromatic heterocycles. The number of nitrogens with one attached hydrogen (secondary N) is 1. The van der Waals surface area contributed by atoms with Gasteiger partial charge < -0.3 is 5.32 Å². The summed E-state index contributed by atoms with van der Waals surface area (Å²) in [5, 5.41) is 3.55. The molecule has 1 aliphatic rings. The van der Waals surface area contributed by atoms with E-state index in [0.717, 1.165) is 51.8 Å². The Morgan fingerprint density at radius 2 is 1.93 bits per heavy atom. The quantitative estimate of drug-likeness (QED) is 0.549. The van der Waals surface area contributed by atoms with Gasteiger partial charge in [-0.3, -0.25) is 4.40 Å². The number of aromatic nitrogens is 3. The molecule has 5 rings (SSSR count). The van der Waals surface area contributed by atoms with Gasteiger partial charge >= 0.3 is 0 Å². The van der Waals surface area contributed by atoms with E-state index in [9.17, 15) is 0 Å². The third-order valence-electron chi connectivity index (χ3n) is 5.59. The van der Waals surface area contributed by atoms with Crippen LogP contribution in [0.25, 0.3) is 27.9 Å². The first-order valence-corrected chi connectivity index (χ1v) is 9.55. The molecule has 0 aliphatic heterocycles. The van der Waals surface area contributed by atoms with Crippen molar-refractivity contribution in [2.75, 3.05) is 11.9 Å². The summed E-state index contributed by atoms with van der Waals surface area (Å²) in [6.07, 6.45) is 4.56. The number of benzene rings is 2. The molecule has 0 amide bonds. The molecule has 4 heteroatoms. The number of aryl methyl sites for hydroxylation is 2. The second-order valence-corrected chi connectivity index (χ2v) is 7.67. The fourth-order valence-corrected chi connectivity index (χ4v) is 3.63. The van der Waals surface area contributed by atoms with E-state index in [-0.39, 0.29) is 0 Å². The van der Waals surface area contributed by atoms with Crippen LogP contribution in [0, 0.1) is 26.7 Å². The lowest BCUT2D eigenvalue weighted by molar-refractivity contribution is 0.883. The standard InChI is InChI=1S/C23H23N4/c1-14-6-4-5-7-18(14)21-13-25-23-22(24-12-17-8-9-17)26-19-10-15(2)16(3)11-20(19)27(21)23/h4-7,10-11,13,17H,1,8-9,12H2,2-3H3,(H,24,26). The summed E-state index contributed by atoms with van der Waals surface area (Å²) < 4.78 is 2.23. The lowest BCUT2D eigenvalue weighted by Gasteiger charge is -2.13. The van der Waals surface area contributed by atoms with Gasteiger partial charge in [0.15, 0.2) is 11.5 Å². The molecule has 2 heterocycles. The Morgan fingerprint density at radius 3 is 2.70 bits per heavy atom. The Bertz CT molecular complexity index is 1170. The van der Waals surface area contributed by atoms with Gasteiger partial charge in [-0.05, 0) is 68.4 Å². The van der Waals surface area contributed by atoms with Gasteiger partial charge in [0.2, 0.25) is 0 Å². The minimum Gasteiger partial charge on any atom is -0.367 e. The van der Waals surface area contributed by atoms with Crippen molar-refractivity contribution < 1.29 is 0 Å². The number of rotatable bonds is 4. The molecule has 0 bridgehead atoms. The highest BCUT2D eigenvalue weighted by Crippen LogP contribution is 2.33. The van der Waals surface area contributed by atoms with Crippen LogP contribution in [0.5, 0.6) is 0 Å². The maximum Gasteiger partial charge on any atom is 0.181 e. The highest BCUT2D eigenvalue weighted by Gasteiger charge is 2.22. The fourth-order valence-electron chi connectivity index (χ4n) is 3.63. The lowest BCUT2D eigenvalue weighted by atomic mass is 10.1. The summed E-state index contributed by atoms with van der Waals surface area (Å²) >= 11 is 0. The number of hydrogen-bond acceptors (Lipinski definition) is 3. The molecule has 27 heavy (non-hydrogen) atoms. The predicted molar refractivity (Wildman–Crippen MR) is 111 cm³/mol. The zero-order chi connectivity index (χ0) is 18.5. The number of anilines is 1. The van der Waals surface area contributed by atoms with Gasteiger partial charge in [0.05, 0.1) is 22.9 Å². The van der Waals surface area contributed by atoms with Crippen LogP contribution in [0.4, 0.5) is 5.82 Å². The minimum absolute atomic E-state index is 0.775. The Morgan fingerprint density at radius 1 is 1.15 bits per heavy atom. The highest BCUT2D eigenvalue weighted by atomic mass is 15.1. The number of hydrogen-bond donors (Lipinski definition) is 1. The Hall–Kier alpha value is -2.88. The maximum atomic E-state index is 4.92. The second kappa shape index (κ2) is 6.08. The van der Waals surface area contributed by atoms with Gasteiger partial charge in [0.1, 0.15) is 0 Å². The molecule has 1 saturated carbocycles. The van der Waals surface area contributed by atoms with Crippen molar-refractivity contribution >= 4 is 22.5 Å². The normalized spacial score (nSPS) is 14.2. The van der Waals surface area contributed by atoms with Crippen LogP contribution >= 0.6 is 0 Å². The summed E-state index contributed by atoms with van der Waals surface area (Å²) in [4.78, 5) is 9.67. The van der Waals surface area contributed by atoms with Crippen LogP contribution in [0.2, 0.25) is 0 Å². The average Bonchev–Trinajstić information content (AvgIpc) is 3.38. The van der Waals surface area contributed by atoms with Gasteiger partial charge in [0.25, 0.3) is 0 Å². The van der Waals surface area contributed by atoms with Crippen molar-refractivity contribution in [2.24, 2.45) is 5.92 Å². The molecule has 4 nitrogen and oxygen atoms in total. The van der Waals surface area contributed by atoms with E-state index in [4.69, 9.17) is 9.97 Å². The molecule has 4 aromatic rings. The van der Waals surface area contributed by atoms with E-state index >= 15 is 0 Å². The Labute approximate surface area is 159 Å². The molecule has 1 fully saturated rings. The largest absolute Gasteiger partial charge is 0.367 e. The van der Waals surface area contributed by atoms with E-state index in [1.54, 1.807) is 0 Å². The van der Waals surface area contributed by atoms with Crippen molar-refractivity contribution in [3.05, 3.63) is 66.2 Å². The zero-order valence-electron chi connectivity index (χ0n) is 15.8. The first kappa shape index (κ1) is 16.3. The topological polar surface area (TPSA) is 42.2 Å². The summed E-state index contributed by atoms with van der Waals surface area (Å²) in [7, 11) is 0. The molecule has 2 aromatic carbocycles. The first-order valence-electron chi connectivity index (χ1n) is 9.55. The summed E-state index contributed by atoms with van der Waals surface area (Å²) in [6.45, 7) is 9.46. The van der Waals surface area contributed by atoms with Gasteiger partial charge in [0, 0.05) is 12.1 Å². The zero-order valence-corrected chi connectivity index (χ0v) is 15.8.